The summed E-state index contributed by atoms with van der Waals surface area (Å²) in [6.45, 7) is 1.86. The summed E-state index contributed by atoms with van der Waals surface area (Å²) in [6.07, 6.45) is 3.40. The molecule has 0 aliphatic rings. The Hall–Kier alpha value is -4.05. The number of aryl methyl sites for hydroxylation is 1. The number of likely N-dealkylation sites (N-methyl/N-ethyl adjacent to an activating group) is 1. The summed E-state index contributed by atoms with van der Waals surface area (Å²) in [6, 6.07) is 17.0. The molecular formula is C25H23FN6O2S. The van der Waals surface area contributed by atoms with Crippen molar-refractivity contribution in [1.82, 2.24) is 24.6 Å². The molecule has 1 N–H and O–H groups in total. The molecule has 10 heteroatoms. The molecule has 8 nitrogen and oxygen atoms in total. The summed E-state index contributed by atoms with van der Waals surface area (Å²) in [5.41, 5.74) is 3.19. The minimum Gasteiger partial charge on any atom is -0.336 e. The van der Waals surface area contributed by atoms with Crippen LogP contribution in [0.25, 0.3) is 17.1 Å². The van der Waals surface area contributed by atoms with Gasteiger partial charge >= 0.3 is 0 Å². The van der Waals surface area contributed by atoms with E-state index in [-0.39, 0.29) is 24.1 Å². The number of amides is 2. The lowest BCUT2D eigenvalue weighted by molar-refractivity contribution is -0.131. The number of carbonyl (C=O) groups excluding carboxylic acids is 2. The number of nitrogens with zero attached hydrogens (tertiary/aromatic N) is 5. The zero-order chi connectivity index (χ0) is 24.8. The highest BCUT2D eigenvalue weighted by Gasteiger charge is 2.20. The zero-order valence-corrected chi connectivity index (χ0v) is 20.0. The van der Waals surface area contributed by atoms with Gasteiger partial charge in [-0.2, -0.15) is 0 Å². The fourth-order valence-electron chi connectivity index (χ4n) is 3.35. The largest absolute Gasteiger partial charge is 0.336 e. The second kappa shape index (κ2) is 10.9. The highest BCUT2D eigenvalue weighted by Crippen LogP contribution is 2.29. The molecule has 4 aromatic rings. The number of aromatic nitrogens is 4. The SMILES string of the molecule is Cc1ccccc1-n1c(SCC(=O)N(C)CC(=O)Nc2ccc(F)cc2)nnc1-c1cccnc1. The average molecular weight is 491 g/mol. The molecule has 2 heterocycles. The van der Waals surface area contributed by atoms with Gasteiger partial charge in [-0.15, -0.1) is 10.2 Å². The van der Waals surface area contributed by atoms with E-state index < -0.39 is 5.82 Å². The lowest BCUT2D eigenvalue weighted by Gasteiger charge is -2.17. The number of benzene rings is 2. The van der Waals surface area contributed by atoms with E-state index in [9.17, 15) is 14.0 Å². The highest BCUT2D eigenvalue weighted by molar-refractivity contribution is 7.99. The van der Waals surface area contributed by atoms with Gasteiger partial charge in [0.05, 0.1) is 18.0 Å². The second-order valence-electron chi connectivity index (χ2n) is 7.76. The van der Waals surface area contributed by atoms with E-state index in [4.69, 9.17) is 0 Å². The van der Waals surface area contributed by atoms with Gasteiger partial charge in [0.2, 0.25) is 11.8 Å². The first-order chi connectivity index (χ1) is 16.9. The number of nitrogens with one attached hydrogen (secondary N) is 1. The number of pyridine rings is 1. The van der Waals surface area contributed by atoms with Gasteiger partial charge < -0.3 is 10.2 Å². The Morgan fingerprint density at radius 3 is 2.54 bits per heavy atom. The lowest BCUT2D eigenvalue weighted by atomic mass is 10.2. The molecule has 178 valence electrons. The Balaban J connectivity index is 1.46. The van der Waals surface area contributed by atoms with E-state index in [1.807, 2.05) is 47.9 Å². The summed E-state index contributed by atoms with van der Waals surface area (Å²) in [5.74, 6) is -0.324. The van der Waals surface area contributed by atoms with Crippen LogP contribution in [0.2, 0.25) is 0 Å². The first-order valence-corrected chi connectivity index (χ1v) is 11.7. The molecule has 0 fully saturated rings. The van der Waals surface area contributed by atoms with Crippen LogP contribution in [0.15, 0.2) is 78.2 Å². The maximum Gasteiger partial charge on any atom is 0.243 e. The molecule has 0 radical (unpaired) electrons. The van der Waals surface area contributed by atoms with Crippen molar-refractivity contribution in [1.29, 1.82) is 0 Å². The van der Waals surface area contributed by atoms with Crippen molar-refractivity contribution in [3.05, 3.63) is 84.4 Å². The van der Waals surface area contributed by atoms with Crippen LogP contribution >= 0.6 is 11.8 Å². The van der Waals surface area contributed by atoms with E-state index >= 15 is 0 Å². The number of halogens is 1. The predicted molar refractivity (Wildman–Crippen MR) is 133 cm³/mol. The molecule has 2 aromatic heterocycles. The van der Waals surface area contributed by atoms with Gasteiger partial charge in [-0.1, -0.05) is 30.0 Å². The van der Waals surface area contributed by atoms with Crippen molar-refractivity contribution in [2.75, 3.05) is 24.7 Å². The third-order valence-corrected chi connectivity index (χ3v) is 6.08. The van der Waals surface area contributed by atoms with Crippen LogP contribution in [0, 0.1) is 12.7 Å². The van der Waals surface area contributed by atoms with Crippen LogP contribution in [0.1, 0.15) is 5.56 Å². The van der Waals surface area contributed by atoms with Crippen molar-refractivity contribution in [3.63, 3.8) is 0 Å². The van der Waals surface area contributed by atoms with Crippen LogP contribution in [-0.2, 0) is 9.59 Å². The van der Waals surface area contributed by atoms with Crippen molar-refractivity contribution in [3.8, 4) is 17.1 Å². The summed E-state index contributed by atoms with van der Waals surface area (Å²) in [7, 11) is 1.56. The third-order valence-electron chi connectivity index (χ3n) is 5.17. The van der Waals surface area contributed by atoms with Crippen LogP contribution < -0.4 is 5.32 Å². The van der Waals surface area contributed by atoms with Crippen LogP contribution in [-0.4, -0.2) is 55.8 Å². The molecule has 0 saturated heterocycles. The first kappa shape index (κ1) is 24.1. The first-order valence-electron chi connectivity index (χ1n) is 10.8. The number of para-hydroxylation sites is 1. The summed E-state index contributed by atoms with van der Waals surface area (Å²) < 4.78 is 14.9. The van der Waals surface area contributed by atoms with Gasteiger partial charge in [-0.05, 0) is 55.0 Å². The van der Waals surface area contributed by atoms with E-state index in [0.717, 1.165) is 16.8 Å². The van der Waals surface area contributed by atoms with Crippen molar-refractivity contribution in [2.24, 2.45) is 0 Å². The second-order valence-corrected chi connectivity index (χ2v) is 8.71. The topological polar surface area (TPSA) is 93.0 Å². The van der Waals surface area contributed by atoms with Gasteiger partial charge in [0.1, 0.15) is 5.82 Å². The highest BCUT2D eigenvalue weighted by atomic mass is 32.2. The molecule has 0 unspecified atom stereocenters. The van der Waals surface area contributed by atoms with Crippen LogP contribution in [0.3, 0.4) is 0 Å². The molecule has 2 aromatic carbocycles. The summed E-state index contributed by atoms with van der Waals surface area (Å²) >= 11 is 1.24. The predicted octanol–water partition coefficient (Wildman–Crippen LogP) is 3.97. The number of anilines is 1. The Kier molecular flexibility index (Phi) is 7.51. The van der Waals surface area contributed by atoms with Gasteiger partial charge in [-0.25, -0.2) is 4.39 Å². The summed E-state index contributed by atoms with van der Waals surface area (Å²) in [4.78, 5) is 30.6. The van der Waals surface area contributed by atoms with Gasteiger partial charge in [0, 0.05) is 30.7 Å². The fourth-order valence-corrected chi connectivity index (χ4v) is 4.24. The Morgan fingerprint density at radius 2 is 1.83 bits per heavy atom. The Morgan fingerprint density at radius 1 is 1.06 bits per heavy atom. The number of hydrogen-bond acceptors (Lipinski definition) is 6. The van der Waals surface area contributed by atoms with Crippen molar-refractivity contribution in [2.45, 2.75) is 12.1 Å². The molecule has 0 aliphatic heterocycles. The lowest BCUT2D eigenvalue weighted by Crippen LogP contribution is -2.36. The molecule has 4 rings (SSSR count). The molecule has 0 bridgehead atoms. The maximum atomic E-state index is 13.0. The van der Waals surface area contributed by atoms with E-state index in [1.54, 1.807) is 19.4 Å². The minimum absolute atomic E-state index is 0.0668. The van der Waals surface area contributed by atoms with E-state index in [1.165, 1.54) is 40.9 Å². The van der Waals surface area contributed by atoms with Crippen LogP contribution in [0.5, 0.6) is 0 Å². The molecule has 0 saturated carbocycles. The standard InChI is InChI=1S/C25H23FN6O2S/c1-17-6-3-4-8-21(17)32-24(18-7-5-13-27-14-18)29-30-25(32)35-16-23(34)31(2)15-22(33)28-20-11-9-19(26)10-12-20/h3-14H,15-16H2,1-2H3,(H,28,33). The van der Waals surface area contributed by atoms with Gasteiger partial charge in [0.15, 0.2) is 11.0 Å². The number of thioether (sulfide) groups is 1. The number of carbonyl (C=O) groups is 2. The monoisotopic (exact) mass is 490 g/mol. The van der Waals surface area contributed by atoms with Gasteiger partial charge in [-0.3, -0.25) is 19.1 Å². The number of rotatable bonds is 8. The quantitative estimate of drug-likeness (QED) is 0.376. The molecule has 35 heavy (non-hydrogen) atoms. The Bertz CT molecular complexity index is 1330. The van der Waals surface area contributed by atoms with Crippen LogP contribution in [0.4, 0.5) is 10.1 Å². The van der Waals surface area contributed by atoms with Gasteiger partial charge in [0.25, 0.3) is 0 Å². The van der Waals surface area contributed by atoms with Crippen molar-refractivity contribution < 1.29 is 14.0 Å². The minimum atomic E-state index is -0.391. The van der Waals surface area contributed by atoms with E-state index in [0.29, 0.717) is 16.7 Å². The average Bonchev–Trinajstić information content (AvgIpc) is 3.28. The third kappa shape index (κ3) is 5.90. The molecule has 2 amide bonds. The van der Waals surface area contributed by atoms with Crippen molar-refractivity contribution >= 4 is 29.3 Å². The molecule has 0 atom stereocenters. The maximum absolute atomic E-state index is 13.0. The summed E-state index contributed by atoms with van der Waals surface area (Å²) in [5, 5.41) is 11.9. The fraction of sp³-hybridized carbons (Fsp3) is 0.160. The molecule has 0 aliphatic carbocycles. The zero-order valence-electron chi connectivity index (χ0n) is 19.2. The van der Waals surface area contributed by atoms with E-state index in [2.05, 4.69) is 20.5 Å². The Labute approximate surface area is 206 Å². The molecule has 0 spiro atoms. The number of hydrogen-bond donors (Lipinski definition) is 1. The normalized spacial score (nSPS) is 10.7. The molecular weight excluding hydrogens is 467 g/mol. The smallest absolute Gasteiger partial charge is 0.243 e.